The lowest BCUT2D eigenvalue weighted by Gasteiger charge is -2.71. The van der Waals surface area contributed by atoms with E-state index in [9.17, 15) is 45.6 Å². The Labute approximate surface area is 312 Å². The van der Waals surface area contributed by atoms with Crippen LogP contribution in [0.2, 0.25) is 0 Å². The maximum Gasteiger partial charge on any atom is 0.315 e. The minimum atomic E-state index is -1.71. The molecule has 0 amide bonds. The zero-order chi connectivity index (χ0) is 38.7. The van der Waals surface area contributed by atoms with E-state index in [0.29, 0.717) is 38.0 Å². The van der Waals surface area contributed by atoms with Crippen LogP contribution in [0.25, 0.3) is 0 Å². The lowest BCUT2D eigenvalue weighted by molar-refractivity contribution is -0.308. The molecule has 0 spiro atoms. The van der Waals surface area contributed by atoms with E-state index >= 15 is 0 Å². The fourth-order valence-electron chi connectivity index (χ4n) is 13.4. The second-order valence-corrected chi connectivity index (χ2v) is 19.4. The standard InChI is InChI=1S/C40H64O13/c1-35(2)23-10-15-38(5)24(36(23,3)14-11-25(35)52-32-29(46)26(43)21(42)19-50-32)9-8-20-31-39(6,49)12-7-13-40(31,17-16-37(20,38)4)34(48)53-33-30(47)28(45)27(44)22(18-41)51-33/h8,21-33,41-47,49H,7,9-19H2,1-6H3/t21-,22+,23-,24+,25-,26-,27+,28-,29+,30+,31+,32-,33-,36-,37+,38+,39+,40-/m0/s1. The monoisotopic (exact) mass is 752 g/mol. The Morgan fingerprint density at radius 1 is 0.811 bits per heavy atom. The third-order valence-electron chi connectivity index (χ3n) is 16.6. The number of rotatable bonds is 5. The first kappa shape index (κ1) is 40.0. The van der Waals surface area contributed by atoms with Crippen LogP contribution in [0.15, 0.2) is 11.6 Å². The third kappa shape index (κ3) is 5.76. The zero-order valence-corrected chi connectivity index (χ0v) is 32.2. The molecule has 2 saturated heterocycles. The summed E-state index contributed by atoms with van der Waals surface area (Å²) in [5, 5.41) is 84.4. The molecule has 7 rings (SSSR count). The number of allylic oxidation sites excluding steroid dienone is 1. The van der Waals surface area contributed by atoms with Crippen molar-refractivity contribution in [2.75, 3.05) is 13.2 Å². The molecule has 0 aromatic rings. The largest absolute Gasteiger partial charge is 0.432 e. The van der Waals surface area contributed by atoms with Crippen molar-refractivity contribution in [1.82, 2.24) is 0 Å². The van der Waals surface area contributed by atoms with Gasteiger partial charge in [0.05, 0.1) is 30.3 Å². The maximum absolute atomic E-state index is 14.5. The summed E-state index contributed by atoms with van der Waals surface area (Å²) in [5.41, 5.74) is -2.05. The fraction of sp³-hybridized carbons (Fsp3) is 0.925. The number of esters is 1. The van der Waals surface area contributed by atoms with Crippen molar-refractivity contribution in [2.45, 2.75) is 173 Å². The SMILES string of the molecule is CC1(C)[C@@H](O[C@@H]2OC[C@H](O)[C@H](O)[C@H]2O)CC[C@]2(C)[C@H]3CC=C4[C@H]5[C@](C(=O)O[C@@H]6O[C@H](CO)[C@@H](O)[C@H](O)[C@H]6O)(CCC[C@@]5(C)O)CC[C@@]4(C)[C@]3(C)CC[C@@H]12. The van der Waals surface area contributed by atoms with E-state index in [1.165, 1.54) is 0 Å². The van der Waals surface area contributed by atoms with Gasteiger partial charge in [0, 0.05) is 5.92 Å². The van der Waals surface area contributed by atoms with E-state index in [1.54, 1.807) is 0 Å². The van der Waals surface area contributed by atoms with Crippen LogP contribution >= 0.6 is 0 Å². The number of ether oxygens (including phenoxy) is 4. The first-order valence-electron chi connectivity index (χ1n) is 20.0. The van der Waals surface area contributed by atoms with Crippen LogP contribution in [0.4, 0.5) is 0 Å². The van der Waals surface area contributed by atoms with E-state index in [4.69, 9.17) is 18.9 Å². The van der Waals surface area contributed by atoms with E-state index in [-0.39, 0.29) is 40.3 Å². The Morgan fingerprint density at radius 3 is 2.21 bits per heavy atom. The van der Waals surface area contributed by atoms with Crippen LogP contribution in [0.1, 0.15) is 106 Å². The summed E-state index contributed by atoms with van der Waals surface area (Å²) < 4.78 is 23.6. The third-order valence-corrected chi connectivity index (χ3v) is 16.6. The number of fused-ring (bicyclic) bond motifs is 7. The quantitative estimate of drug-likeness (QED) is 0.114. The highest BCUT2D eigenvalue weighted by atomic mass is 16.7. The van der Waals surface area contributed by atoms with Gasteiger partial charge < -0.3 is 59.8 Å². The van der Waals surface area contributed by atoms with Crippen molar-refractivity contribution in [3.63, 3.8) is 0 Å². The Hall–Kier alpha value is -1.23. The van der Waals surface area contributed by atoms with Gasteiger partial charge in [0.1, 0.15) is 42.7 Å². The van der Waals surface area contributed by atoms with Crippen LogP contribution in [-0.4, -0.2) is 127 Å². The molecule has 4 saturated carbocycles. The highest BCUT2D eigenvalue weighted by Crippen LogP contribution is 2.76. The van der Waals surface area contributed by atoms with Crippen LogP contribution in [0.5, 0.6) is 0 Å². The van der Waals surface area contributed by atoms with Gasteiger partial charge in [0.2, 0.25) is 6.29 Å². The Balaban J connectivity index is 1.17. The van der Waals surface area contributed by atoms with Crippen molar-refractivity contribution in [2.24, 2.45) is 44.8 Å². The number of hydrogen-bond donors (Lipinski definition) is 8. The second kappa shape index (κ2) is 13.4. The van der Waals surface area contributed by atoms with Crippen LogP contribution < -0.4 is 0 Å². The molecule has 6 fully saturated rings. The van der Waals surface area contributed by atoms with Gasteiger partial charge in [-0.2, -0.15) is 0 Å². The van der Waals surface area contributed by atoms with E-state index in [1.807, 2.05) is 6.92 Å². The molecule has 7 aliphatic rings. The molecule has 13 heteroatoms. The van der Waals surface area contributed by atoms with E-state index in [0.717, 1.165) is 37.7 Å². The fourth-order valence-corrected chi connectivity index (χ4v) is 13.4. The summed E-state index contributed by atoms with van der Waals surface area (Å²) in [6, 6.07) is 0. The molecule has 2 heterocycles. The molecular formula is C40H64O13. The van der Waals surface area contributed by atoms with Gasteiger partial charge in [0.15, 0.2) is 6.29 Å². The Kier molecular flexibility index (Phi) is 10.1. The molecule has 2 aliphatic heterocycles. The molecular weight excluding hydrogens is 688 g/mol. The number of carbonyl (C=O) groups excluding carboxylic acids is 1. The minimum absolute atomic E-state index is 0.0607. The van der Waals surface area contributed by atoms with Crippen LogP contribution in [0, 0.1) is 44.8 Å². The number of carbonyl (C=O) groups is 1. The molecule has 0 aromatic heterocycles. The summed E-state index contributed by atoms with van der Waals surface area (Å²) >= 11 is 0. The van der Waals surface area contributed by atoms with Gasteiger partial charge in [-0.25, -0.2) is 0 Å². The average Bonchev–Trinajstić information content (AvgIpc) is 3.09. The van der Waals surface area contributed by atoms with Crippen LogP contribution in [-0.2, 0) is 23.7 Å². The van der Waals surface area contributed by atoms with Gasteiger partial charge in [-0.1, -0.05) is 46.3 Å². The normalized spacial score (nSPS) is 55.1. The lowest BCUT2D eigenvalue weighted by atomic mass is 9.33. The maximum atomic E-state index is 14.5. The molecule has 0 aromatic carbocycles. The lowest BCUT2D eigenvalue weighted by Crippen LogP contribution is -2.67. The summed E-state index contributed by atoms with van der Waals surface area (Å²) in [5.74, 6) is -0.555. The highest BCUT2D eigenvalue weighted by Gasteiger charge is 2.71. The predicted octanol–water partition coefficient (Wildman–Crippen LogP) is 1.68. The van der Waals surface area contributed by atoms with Gasteiger partial charge in [-0.3, -0.25) is 4.79 Å². The van der Waals surface area contributed by atoms with Gasteiger partial charge >= 0.3 is 5.97 Å². The minimum Gasteiger partial charge on any atom is -0.432 e. The van der Waals surface area contributed by atoms with E-state index in [2.05, 4.69) is 40.7 Å². The van der Waals surface area contributed by atoms with Gasteiger partial charge in [-0.15, -0.1) is 0 Å². The molecule has 13 nitrogen and oxygen atoms in total. The zero-order valence-electron chi connectivity index (χ0n) is 32.2. The van der Waals surface area contributed by atoms with Crippen molar-refractivity contribution in [1.29, 1.82) is 0 Å². The first-order chi connectivity index (χ1) is 24.7. The summed E-state index contributed by atoms with van der Waals surface area (Å²) in [6.45, 7) is 12.7. The van der Waals surface area contributed by atoms with Crippen molar-refractivity contribution < 1.29 is 64.6 Å². The number of hydrogen-bond acceptors (Lipinski definition) is 13. The van der Waals surface area contributed by atoms with Crippen molar-refractivity contribution >= 4 is 5.97 Å². The predicted molar refractivity (Wildman–Crippen MR) is 188 cm³/mol. The highest BCUT2D eigenvalue weighted by molar-refractivity contribution is 5.79. The molecule has 18 atom stereocenters. The van der Waals surface area contributed by atoms with E-state index < -0.39 is 84.8 Å². The summed E-state index contributed by atoms with van der Waals surface area (Å²) in [7, 11) is 0. The summed E-state index contributed by atoms with van der Waals surface area (Å²) in [6.07, 6.45) is -3.43. The molecule has 302 valence electrons. The summed E-state index contributed by atoms with van der Waals surface area (Å²) in [4.78, 5) is 14.5. The molecule has 53 heavy (non-hydrogen) atoms. The van der Waals surface area contributed by atoms with Crippen molar-refractivity contribution in [3.8, 4) is 0 Å². The van der Waals surface area contributed by atoms with Crippen LogP contribution in [0.3, 0.4) is 0 Å². The average molecular weight is 753 g/mol. The van der Waals surface area contributed by atoms with Crippen molar-refractivity contribution in [3.05, 3.63) is 11.6 Å². The molecule has 5 aliphatic carbocycles. The van der Waals surface area contributed by atoms with Gasteiger partial charge in [0.25, 0.3) is 0 Å². The Morgan fingerprint density at radius 2 is 1.51 bits per heavy atom. The smallest absolute Gasteiger partial charge is 0.315 e. The Bertz CT molecular complexity index is 1430. The number of aliphatic hydroxyl groups is 8. The van der Waals surface area contributed by atoms with Gasteiger partial charge in [-0.05, 0) is 105 Å². The number of aliphatic hydroxyl groups excluding tert-OH is 7. The first-order valence-corrected chi connectivity index (χ1v) is 20.0. The molecule has 8 N–H and O–H groups in total. The molecule has 0 radical (unpaired) electrons. The second-order valence-electron chi connectivity index (χ2n) is 19.4. The molecule has 0 bridgehead atoms. The topological polar surface area (TPSA) is 216 Å². The molecule has 0 unspecified atom stereocenters.